The summed E-state index contributed by atoms with van der Waals surface area (Å²) < 4.78 is 22.7. The van der Waals surface area contributed by atoms with E-state index in [1.54, 1.807) is 35.2 Å². The Labute approximate surface area is 134 Å². The minimum absolute atomic E-state index is 0.373. The highest BCUT2D eigenvalue weighted by Crippen LogP contribution is 2.20. The van der Waals surface area contributed by atoms with Gasteiger partial charge in [-0.3, -0.25) is 0 Å². The zero-order valence-electron chi connectivity index (χ0n) is 12.1. The highest BCUT2D eigenvalue weighted by atomic mass is 32.2. The molecule has 0 spiro atoms. The molecule has 0 radical (unpaired) electrons. The van der Waals surface area contributed by atoms with Crippen LogP contribution in [0.4, 0.5) is 0 Å². The molecule has 1 aromatic heterocycles. The van der Waals surface area contributed by atoms with Gasteiger partial charge in [-0.2, -0.15) is 0 Å². The van der Waals surface area contributed by atoms with Gasteiger partial charge in [-0.15, -0.1) is 23.1 Å². The van der Waals surface area contributed by atoms with E-state index in [4.69, 9.17) is 0 Å². The SMILES string of the molecule is Cc1ccsc1CNCCSc1ccc(S(C)(=O)=O)cc1. The first kappa shape index (κ1) is 16.5. The minimum atomic E-state index is -3.10. The van der Waals surface area contributed by atoms with Crippen molar-refractivity contribution in [2.75, 3.05) is 18.6 Å². The summed E-state index contributed by atoms with van der Waals surface area (Å²) in [6, 6.07) is 9.20. The highest BCUT2D eigenvalue weighted by Gasteiger charge is 2.06. The highest BCUT2D eigenvalue weighted by molar-refractivity contribution is 7.99. The first-order valence-corrected chi connectivity index (χ1v) is 10.4. The van der Waals surface area contributed by atoms with Crippen LogP contribution in [0.15, 0.2) is 45.5 Å². The van der Waals surface area contributed by atoms with E-state index >= 15 is 0 Å². The van der Waals surface area contributed by atoms with Gasteiger partial charge in [0.2, 0.25) is 0 Å². The fourth-order valence-corrected chi connectivity index (χ4v) is 4.13. The average Bonchev–Trinajstić information content (AvgIpc) is 2.84. The van der Waals surface area contributed by atoms with Gasteiger partial charge >= 0.3 is 0 Å². The summed E-state index contributed by atoms with van der Waals surface area (Å²) >= 11 is 3.51. The zero-order valence-corrected chi connectivity index (χ0v) is 14.6. The van der Waals surface area contributed by atoms with Crippen LogP contribution in [0.2, 0.25) is 0 Å². The van der Waals surface area contributed by atoms with Gasteiger partial charge in [-0.05, 0) is 48.2 Å². The lowest BCUT2D eigenvalue weighted by Gasteiger charge is -2.05. The molecule has 0 aliphatic rings. The van der Waals surface area contributed by atoms with Gasteiger partial charge in [0, 0.05) is 34.9 Å². The smallest absolute Gasteiger partial charge is 0.175 e. The Hall–Kier alpha value is -0.820. The number of thiophene rings is 1. The summed E-state index contributed by atoms with van der Waals surface area (Å²) in [5, 5.41) is 5.54. The van der Waals surface area contributed by atoms with Crippen LogP contribution in [-0.2, 0) is 16.4 Å². The van der Waals surface area contributed by atoms with Crippen LogP contribution in [-0.4, -0.2) is 27.0 Å². The molecule has 114 valence electrons. The predicted molar refractivity (Wildman–Crippen MR) is 91.0 cm³/mol. The number of hydrogen-bond acceptors (Lipinski definition) is 5. The molecule has 0 unspecified atom stereocenters. The average molecular weight is 342 g/mol. The molecule has 0 saturated heterocycles. The molecule has 0 aliphatic carbocycles. The number of benzene rings is 1. The van der Waals surface area contributed by atoms with Gasteiger partial charge < -0.3 is 5.32 Å². The van der Waals surface area contributed by atoms with Crippen LogP contribution >= 0.6 is 23.1 Å². The lowest BCUT2D eigenvalue weighted by Crippen LogP contribution is -2.16. The summed E-state index contributed by atoms with van der Waals surface area (Å²) in [4.78, 5) is 2.85. The van der Waals surface area contributed by atoms with Crippen molar-refractivity contribution in [2.45, 2.75) is 23.3 Å². The molecule has 0 amide bonds. The van der Waals surface area contributed by atoms with Gasteiger partial charge in [0.1, 0.15) is 0 Å². The largest absolute Gasteiger partial charge is 0.311 e. The summed E-state index contributed by atoms with van der Waals surface area (Å²) in [6.45, 7) is 3.97. The Balaban J connectivity index is 1.73. The molecule has 0 aliphatic heterocycles. The normalized spacial score (nSPS) is 11.7. The van der Waals surface area contributed by atoms with Crippen LogP contribution in [0.5, 0.6) is 0 Å². The number of aryl methyl sites for hydroxylation is 1. The monoisotopic (exact) mass is 341 g/mol. The standard InChI is InChI=1S/C15H19NO2S3/c1-12-7-9-20-15(12)11-16-8-10-19-13-3-5-14(6-4-13)21(2,17)18/h3-7,9,16H,8,10-11H2,1-2H3. The van der Waals surface area contributed by atoms with Crippen molar-refractivity contribution >= 4 is 32.9 Å². The van der Waals surface area contributed by atoms with Gasteiger partial charge in [0.05, 0.1) is 4.90 Å². The Morgan fingerprint density at radius 3 is 2.48 bits per heavy atom. The van der Waals surface area contributed by atoms with E-state index in [0.717, 1.165) is 23.7 Å². The van der Waals surface area contributed by atoms with E-state index in [1.165, 1.54) is 16.7 Å². The van der Waals surface area contributed by atoms with Crippen molar-refractivity contribution in [2.24, 2.45) is 0 Å². The molecule has 6 heteroatoms. The van der Waals surface area contributed by atoms with E-state index in [1.807, 2.05) is 12.1 Å². The van der Waals surface area contributed by atoms with Crippen molar-refractivity contribution in [3.05, 3.63) is 46.2 Å². The molecule has 3 nitrogen and oxygen atoms in total. The topological polar surface area (TPSA) is 46.2 Å². The lowest BCUT2D eigenvalue weighted by atomic mass is 10.3. The molecule has 0 saturated carbocycles. The van der Waals surface area contributed by atoms with Crippen molar-refractivity contribution in [3.8, 4) is 0 Å². The second-order valence-electron chi connectivity index (χ2n) is 4.80. The van der Waals surface area contributed by atoms with E-state index in [0.29, 0.717) is 4.90 Å². The van der Waals surface area contributed by atoms with Crippen LogP contribution in [0.25, 0.3) is 0 Å². The zero-order chi connectivity index (χ0) is 15.3. The van der Waals surface area contributed by atoms with Crippen molar-refractivity contribution in [1.29, 1.82) is 0 Å². The predicted octanol–water partition coefficient (Wildman–Crippen LogP) is 3.34. The maximum absolute atomic E-state index is 11.4. The van der Waals surface area contributed by atoms with Crippen LogP contribution in [0.3, 0.4) is 0 Å². The number of hydrogen-bond donors (Lipinski definition) is 1. The van der Waals surface area contributed by atoms with Crippen molar-refractivity contribution in [1.82, 2.24) is 5.32 Å². The van der Waals surface area contributed by atoms with E-state index in [9.17, 15) is 8.42 Å². The second-order valence-corrected chi connectivity index (χ2v) is 8.98. The van der Waals surface area contributed by atoms with Gasteiger partial charge in [-0.25, -0.2) is 8.42 Å². The summed E-state index contributed by atoms with van der Waals surface area (Å²) in [5.74, 6) is 0.961. The summed E-state index contributed by atoms with van der Waals surface area (Å²) in [5.41, 5.74) is 1.34. The quantitative estimate of drug-likeness (QED) is 0.620. The minimum Gasteiger partial charge on any atom is -0.311 e. The molecule has 1 aromatic carbocycles. The fourth-order valence-electron chi connectivity index (χ4n) is 1.81. The Kier molecular flexibility index (Phi) is 5.87. The number of thioether (sulfide) groups is 1. The number of rotatable bonds is 7. The van der Waals surface area contributed by atoms with E-state index in [2.05, 4.69) is 23.7 Å². The Bertz CT molecular complexity index is 675. The summed E-state index contributed by atoms with van der Waals surface area (Å²) in [6.07, 6.45) is 1.23. The molecule has 0 fully saturated rings. The van der Waals surface area contributed by atoms with Crippen molar-refractivity contribution < 1.29 is 8.42 Å². The maximum Gasteiger partial charge on any atom is 0.175 e. The molecule has 0 atom stereocenters. The first-order valence-electron chi connectivity index (χ1n) is 6.63. The van der Waals surface area contributed by atoms with Crippen LogP contribution in [0, 0.1) is 6.92 Å². The number of nitrogens with one attached hydrogen (secondary N) is 1. The molecule has 0 bridgehead atoms. The molecule has 1 N–H and O–H groups in total. The molecule has 21 heavy (non-hydrogen) atoms. The molecule has 2 rings (SSSR count). The molecular weight excluding hydrogens is 322 g/mol. The Morgan fingerprint density at radius 2 is 1.90 bits per heavy atom. The van der Waals surface area contributed by atoms with Crippen LogP contribution < -0.4 is 5.32 Å². The molecular formula is C15H19NO2S3. The number of sulfone groups is 1. The van der Waals surface area contributed by atoms with Gasteiger partial charge in [0.15, 0.2) is 9.84 Å². The van der Waals surface area contributed by atoms with E-state index < -0.39 is 9.84 Å². The summed E-state index contributed by atoms with van der Waals surface area (Å²) in [7, 11) is -3.10. The molecule has 1 heterocycles. The maximum atomic E-state index is 11.4. The third-order valence-corrected chi connectivity index (χ3v) is 6.22. The first-order chi connectivity index (χ1) is 9.97. The van der Waals surface area contributed by atoms with Gasteiger partial charge in [0.25, 0.3) is 0 Å². The molecule has 2 aromatic rings. The second kappa shape index (κ2) is 7.45. The van der Waals surface area contributed by atoms with Gasteiger partial charge in [-0.1, -0.05) is 0 Å². The Morgan fingerprint density at radius 1 is 1.19 bits per heavy atom. The third kappa shape index (κ3) is 5.14. The fraction of sp³-hybridized carbons (Fsp3) is 0.333. The van der Waals surface area contributed by atoms with Crippen molar-refractivity contribution in [3.63, 3.8) is 0 Å². The van der Waals surface area contributed by atoms with E-state index in [-0.39, 0.29) is 0 Å². The third-order valence-electron chi connectivity index (χ3n) is 3.05. The van der Waals surface area contributed by atoms with Crippen LogP contribution in [0.1, 0.15) is 10.4 Å². The lowest BCUT2D eigenvalue weighted by molar-refractivity contribution is 0.602.